The molecule has 2 aliphatic rings. The molecule has 32 heavy (non-hydrogen) atoms. The van der Waals surface area contributed by atoms with E-state index in [2.05, 4.69) is 37.9 Å². The number of rotatable bonds is 5. The monoisotopic (exact) mass is 430 g/mol. The lowest BCUT2D eigenvalue weighted by Crippen LogP contribution is -2.34. The number of carbonyl (C=O) groups excluding carboxylic acids is 1. The first-order valence-corrected chi connectivity index (χ1v) is 11.0. The number of hydrogen-bond acceptors (Lipinski definition) is 7. The fraction of sp³-hybridized carbons (Fsp3) is 0.333. The van der Waals surface area contributed by atoms with Gasteiger partial charge in [-0.15, -0.1) is 0 Å². The van der Waals surface area contributed by atoms with Gasteiger partial charge in [0, 0.05) is 30.0 Å². The second kappa shape index (κ2) is 8.82. The van der Waals surface area contributed by atoms with Gasteiger partial charge in [-0.1, -0.05) is 53.6 Å². The maximum atomic E-state index is 13.4. The van der Waals surface area contributed by atoms with E-state index < -0.39 is 6.04 Å². The first-order valence-electron chi connectivity index (χ1n) is 11.0. The molecule has 0 bridgehead atoms. The summed E-state index contributed by atoms with van der Waals surface area (Å²) < 4.78 is 7.41. The lowest BCUT2D eigenvalue weighted by molar-refractivity contribution is -0.140. The zero-order valence-corrected chi connectivity index (χ0v) is 18.1. The van der Waals surface area contributed by atoms with E-state index in [0.717, 1.165) is 42.7 Å². The quantitative estimate of drug-likeness (QED) is 0.618. The van der Waals surface area contributed by atoms with E-state index in [4.69, 9.17) is 4.74 Å². The van der Waals surface area contributed by atoms with Crippen molar-refractivity contribution in [1.82, 2.24) is 20.2 Å². The van der Waals surface area contributed by atoms with Crippen molar-refractivity contribution >= 4 is 17.6 Å². The third kappa shape index (κ3) is 3.84. The Kier molecular flexibility index (Phi) is 5.58. The highest BCUT2D eigenvalue weighted by atomic mass is 16.5. The van der Waals surface area contributed by atoms with Gasteiger partial charge < -0.3 is 15.0 Å². The van der Waals surface area contributed by atoms with Gasteiger partial charge in [-0.3, -0.25) is 0 Å². The maximum Gasteiger partial charge on any atom is 0.338 e. The number of piperidine rings is 1. The number of benzene rings is 2. The van der Waals surface area contributed by atoms with Crippen LogP contribution in [0, 0.1) is 0 Å². The van der Waals surface area contributed by atoms with E-state index >= 15 is 0 Å². The predicted octanol–water partition coefficient (Wildman–Crippen LogP) is 3.70. The summed E-state index contributed by atoms with van der Waals surface area (Å²) in [5, 5.41) is 15.3. The lowest BCUT2D eigenvalue weighted by Gasteiger charge is -2.34. The SMILES string of the molecule is CC1=C(C(=O)OCc2ccccc2)C(c2ccccc2N2CCCCC2)n2nnnc2N1. The number of carbonyl (C=O) groups is 1. The summed E-state index contributed by atoms with van der Waals surface area (Å²) in [5.74, 6) is 0.138. The Balaban J connectivity index is 1.53. The first kappa shape index (κ1) is 20.2. The van der Waals surface area contributed by atoms with Gasteiger partial charge in [0.15, 0.2) is 0 Å². The van der Waals surface area contributed by atoms with Crippen LogP contribution in [0.4, 0.5) is 11.6 Å². The standard InChI is InChI=1S/C24H26N6O2/c1-17-21(23(31)32-16-18-10-4-2-5-11-18)22(30-24(25-17)26-27-28-30)19-12-6-7-13-20(19)29-14-8-3-9-15-29/h2,4-7,10-13,22H,3,8-9,14-16H2,1H3,(H,25,26,28). The summed E-state index contributed by atoms with van der Waals surface area (Å²) in [5.41, 5.74) is 4.27. The number of esters is 1. The first-order chi connectivity index (χ1) is 15.7. The van der Waals surface area contributed by atoms with Crippen LogP contribution < -0.4 is 10.2 Å². The fourth-order valence-corrected chi connectivity index (χ4v) is 4.51. The minimum atomic E-state index is -0.470. The van der Waals surface area contributed by atoms with Gasteiger partial charge in [0.2, 0.25) is 5.95 Å². The Bertz CT molecular complexity index is 1130. The molecule has 5 rings (SSSR count). The molecule has 0 saturated carbocycles. The molecule has 2 aromatic carbocycles. The number of hydrogen-bond donors (Lipinski definition) is 1. The van der Waals surface area contributed by atoms with Crippen LogP contribution in [0.1, 0.15) is 43.4 Å². The van der Waals surface area contributed by atoms with E-state index in [9.17, 15) is 4.79 Å². The summed E-state index contributed by atoms with van der Waals surface area (Å²) in [6.45, 7) is 4.08. The number of ether oxygens (including phenoxy) is 1. The second-order valence-corrected chi connectivity index (χ2v) is 8.18. The third-order valence-electron chi connectivity index (χ3n) is 6.07. The number of tetrazole rings is 1. The maximum absolute atomic E-state index is 13.4. The molecule has 1 N–H and O–H groups in total. The molecule has 8 heteroatoms. The molecule has 1 aromatic heterocycles. The highest BCUT2D eigenvalue weighted by Crippen LogP contribution is 2.39. The minimum Gasteiger partial charge on any atom is -0.457 e. The number of para-hydroxylation sites is 1. The molecule has 0 radical (unpaired) electrons. The van der Waals surface area contributed by atoms with Crippen molar-refractivity contribution in [1.29, 1.82) is 0 Å². The number of fused-ring (bicyclic) bond motifs is 1. The number of allylic oxidation sites excluding steroid dienone is 1. The highest BCUT2D eigenvalue weighted by molar-refractivity contribution is 5.93. The highest BCUT2D eigenvalue weighted by Gasteiger charge is 2.36. The molecule has 1 unspecified atom stereocenters. The Labute approximate surface area is 186 Å². The Morgan fingerprint density at radius 2 is 1.81 bits per heavy atom. The smallest absolute Gasteiger partial charge is 0.338 e. The largest absolute Gasteiger partial charge is 0.457 e. The van der Waals surface area contributed by atoms with Gasteiger partial charge in [0.1, 0.15) is 12.6 Å². The van der Waals surface area contributed by atoms with Crippen molar-refractivity contribution in [3.05, 3.63) is 77.0 Å². The van der Waals surface area contributed by atoms with Crippen molar-refractivity contribution in [2.75, 3.05) is 23.3 Å². The minimum absolute atomic E-state index is 0.208. The van der Waals surface area contributed by atoms with Gasteiger partial charge in [0.05, 0.1) is 5.57 Å². The molecule has 1 fully saturated rings. The van der Waals surface area contributed by atoms with Crippen molar-refractivity contribution in [2.24, 2.45) is 0 Å². The van der Waals surface area contributed by atoms with E-state index in [1.165, 1.54) is 6.42 Å². The van der Waals surface area contributed by atoms with E-state index in [0.29, 0.717) is 17.2 Å². The number of aromatic nitrogens is 4. The molecule has 0 spiro atoms. The van der Waals surface area contributed by atoms with Crippen LogP contribution in [-0.4, -0.2) is 39.3 Å². The molecule has 0 amide bonds. The summed E-state index contributed by atoms with van der Waals surface area (Å²) >= 11 is 0. The van der Waals surface area contributed by atoms with E-state index in [1.807, 2.05) is 49.4 Å². The number of anilines is 2. The summed E-state index contributed by atoms with van der Waals surface area (Å²) in [7, 11) is 0. The molecule has 2 aliphatic heterocycles. The van der Waals surface area contributed by atoms with Crippen LogP contribution in [0.3, 0.4) is 0 Å². The molecular formula is C24H26N6O2. The van der Waals surface area contributed by atoms with Gasteiger partial charge in [-0.25, -0.2) is 4.79 Å². The molecule has 164 valence electrons. The van der Waals surface area contributed by atoms with Crippen molar-refractivity contribution in [3.8, 4) is 0 Å². The zero-order valence-electron chi connectivity index (χ0n) is 18.1. The average Bonchev–Trinajstić information content (AvgIpc) is 3.31. The van der Waals surface area contributed by atoms with Gasteiger partial charge in [0.25, 0.3) is 0 Å². The van der Waals surface area contributed by atoms with Crippen molar-refractivity contribution < 1.29 is 9.53 Å². The van der Waals surface area contributed by atoms with Crippen LogP contribution in [0.2, 0.25) is 0 Å². The Hall–Kier alpha value is -3.68. The predicted molar refractivity (Wildman–Crippen MR) is 121 cm³/mol. The second-order valence-electron chi connectivity index (χ2n) is 8.18. The molecule has 3 aromatic rings. The van der Waals surface area contributed by atoms with Crippen molar-refractivity contribution in [2.45, 2.75) is 38.8 Å². The average molecular weight is 431 g/mol. The summed E-state index contributed by atoms with van der Waals surface area (Å²) in [6.07, 6.45) is 3.58. The lowest BCUT2D eigenvalue weighted by atomic mass is 9.93. The Morgan fingerprint density at radius 3 is 2.62 bits per heavy atom. The molecule has 3 heterocycles. The topological polar surface area (TPSA) is 85.2 Å². The van der Waals surface area contributed by atoms with Gasteiger partial charge >= 0.3 is 5.97 Å². The fourth-order valence-electron chi connectivity index (χ4n) is 4.51. The van der Waals surface area contributed by atoms with Gasteiger partial charge in [-0.2, -0.15) is 4.68 Å². The van der Waals surface area contributed by atoms with Crippen LogP contribution in [-0.2, 0) is 16.1 Å². The molecule has 8 nitrogen and oxygen atoms in total. The van der Waals surface area contributed by atoms with E-state index in [1.54, 1.807) is 4.68 Å². The molecular weight excluding hydrogens is 404 g/mol. The third-order valence-corrected chi connectivity index (χ3v) is 6.07. The summed E-state index contributed by atoms with van der Waals surface area (Å²) in [6, 6.07) is 17.4. The molecule has 0 aliphatic carbocycles. The number of nitrogens with zero attached hydrogens (tertiary/aromatic N) is 5. The van der Waals surface area contributed by atoms with Crippen LogP contribution >= 0.6 is 0 Å². The van der Waals surface area contributed by atoms with Crippen LogP contribution in [0.5, 0.6) is 0 Å². The van der Waals surface area contributed by atoms with Crippen LogP contribution in [0.15, 0.2) is 65.9 Å². The van der Waals surface area contributed by atoms with Crippen LogP contribution in [0.25, 0.3) is 0 Å². The Morgan fingerprint density at radius 1 is 1.06 bits per heavy atom. The normalized spacial score (nSPS) is 18.2. The van der Waals surface area contributed by atoms with Crippen molar-refractivity contribution in [3.63, 3.8) is 0 Å². The molecule has 1 atom stereocenters. The van der Waals surface area contributed by atoms with Gasteiger partial charge in [-0.05, 0) is 48.2 Å². The van der Waals surface area contributed by atoms with E-state index in [-0.39, 0.29) is 12.6 Å². The zero-order chi connectivity index (χ0) is 21.9. The molecule has 1 saturated heterocycles. The summed E-state index contributed by atoms with van der Waals surface area (Å²) in [4.78, 5) is 15.8. The number of nitrogens with one attached hydrogen (secondary N) is 1.